The molecule has 0 spiro atoms. The molecule has 2 aliphatic heterocycles. The van der Waals surface area contributed by atoms with Crippen molar-refractivity contribution in [3.05, 3.63) is 10.6 Å². The lowest BCUT2D eigenvalue weighted by Crippen LogP contribution is -2.60. The van der Waals surface area contributed by atoms with Crippen molar-refractivity contribution in [1.82, 2.24) is 4.90 Å². The first-order chi connectivity index (χ1) is 8.91. The molecular weight excluding hydrogens is 270 g/mol. The van der Waals surface area contributed by atoms with Crippen LogP contribution in [0.15, 0.2) is 10.6 Å². The summed E-state index contributed by atoms with van der Waals surface area (Å²) in [5.41, 5.74) is 0.00870. The summed E-state index contributed by atoms with van der Waals surface area (Å²) >= 11 is 1.31. The fraction of sp³-hybridized carbons (Fsp3) is 0.583. The first kappa shape index (κ1) is 12.7. The second-order valence-electron chi connectivity index (χ2n) is 5.14. The summed E-state index contributed by atoms with van der Waals surface area (Å²) in [7, 11) is 0. The minimum atomic E-state index is -1.14. The largest absolute Gasteiger partial charge is 0.477 e. The van der Waals surface area contributed by atoms with Gasteiger partial charge in [0.1, 0.15) is 16.9 Å². The molecule has 0 aromatic carbocycles. The maximum Gasteiger partial charge on any atom is 0.353 e. The third-order valence-electron chi connectivity index (χ3n) is 3.85. The van der Waals surface area contributed by atoms with Gasteiger partial charge in [-0.15, -0.1) is 11.8 Å². The molecule has 1 saturated carbocycles. The Balaban J connectivity index is 1.90. The predicted octanol–water partition coefficient (Wildman–Crippen LogP) is 0.174. The van der Waals surface area contributed by atoms with Crippen molar-refractivity contribution < 1.29 is 24.6 Å². The molecule has 3 atom stereocenters. The SMILES string of the molecule is C[C@@H](O)[C@H]1C(=O)N2C(C(=O)O)=C(C3CC(=O)C3)S[C@H]12. The summed E-state index contributed by atoms with van der Waals surface area (Å²) in [6, 6.07) is 0. The number of thioether (sulfide) groups is 1. The number of rotatable bonds is 3. The molecule has 19 heavy (non-hydrogen) atoms. The van der Waals surface area contributed by atoms with E-state index in [0.29, 0.717) is 17.7 Å². The normalized spacial score (nSPS) is 32.0. The van der Waals surface area contributed by atoms with E-state index in [1.54, 1.807) is 0 Å². The molecule has 0 bridgehead atoms. The molecule has 0 aromatic heterocycles. The smallest absolute Gasteiger partial charge is 0.353 e. The van der Waals surface area contributed by atoms with Crippen molar-refractivity contribution in [1.29, 1.82) is 0 Å². The number of allylic oxidation sites excluding steroid dienone is 1. The van der Waals surface area contributed by atoms with Crippen LogP contribution >= 0.6 is 11.8 Å². The molecule has 6 nitrogen and oxygen atoms in total. The monoisotopic (exact) mass is 283 g/mol. The Labute approximate surface area is 113 Å². The maximum atomic E-state index is 11.9. The number of carboxylic acids is 1. The van der Waals surface area contributed by atoms with Gasteiger partial charge in [-0.25, -0.2) is 4.79 Å². The number of ketones is 1. The molecule has 102 valence electrons. The molecule has 0 radical (unpaired) electrons. The van der Waals surface area contributed by atoms with Crippen molar-refractivity contribution in [3.8, 4) is 0 Å². The number of aliphatic hydroxyl groups is 1. The van der Waals surface area contributed by atoms with Crippen molar-refractivity contribution in [2.75, 3.05) is 0 Å². The number of nitrogens with zero attached hydrogens (tertiary/aromatic N) is 1. The lowest BCUT2D eigenvalue weighted by atomic mass is 9.82. The Morgan fingerprint density at radius 1 is 1.42 bits per heavy atom. The molecule has 1 saturated heterocycles. The summed E-state index contributed by atoms with van der Waals surface area (Å²) in [4.78, 5) is 36.2. The Kier molecular flexibility index (Phi) is 2.72. The number of carboxylic acid groups (broad SMARTS) is 1. The zero-order valence-corrected chi connectivity index (χ0v) is 11.0. The van der Waals surface area contributed by atoms with E-state index in [0.717, 1.165) is 0 Å². The molecule has 2 N–H and O–H groups in total. The van der Waals surface area contributed by atoms with Crippen LogP contribution in [0.1, 0.15) is 19.8 Å². The van der Waals surface area contributed by atoms with E-state index in [2.05, 4.69) is 0 Å². The number of carbonyl (C=O) groups excluding carboxylic acids is 2. The lowest BCUT2D eigenvalue weighted by molar-refractivity contribution is -0.156. The van der Waals surface area contributed by atoms with Gasteiger partial charge in [0.15, 0.2) is 0 Å². The van der Waals surface area contributed by atoms with Crippen molar-refractivity contribution in [2.45, 2.75) is 31.2 Å². The van der Waals surface area contributed by atoms with Gasteiger partial charge in [0.05, 0.1) is 12.0 Å². The highest BCUT2D eigenvalue weighted by Crippen LogP contribution is 2.54. The van der Waals surface area contributed by atoms with E-state index in [1.165, 1.54) is 23.6 Å². The average Bonchev–Trinajstić information content (AvgIpc) is 2.59. The maximum absolute atomic E-state index is 11.9. The van der Waals surface area contributed by atoms with E-state index in [-0.39, 0.29) is 28.7 Å². The number of aliphatic carboxylic acids is 1. The minimum absolute atomic E-state index is 0.00870. The Morgan fingerprint density at radius 2 is 2.05 bits per heavy atom. The van der Waals surface area contributed by atoms with Gasteiger partial charge in [-0.1, -0.05) is 0 Å². The zero-order chi connectivity index (χ0) is 13.9. The molecule has 1 aliphatic carbocycles. The average molecular weight is 283 g/mol. The molecule has 3 aliphatic rings. The van der Waals surface area contributed by atoms with Crippen LogP contribution in [0.5, 0.6) is 0 Å². The van der Waals surface area contributed by atoms with Gasteiger partial charge in [-0.05, 0) is 6.92 Å². The second-order valence-corrected chi connectivity index (χ2v) is 6.30. The van der Waals surface area contributed by atoms with Crippen LogP contribution in [0.4, 0.5) is 0 Å². The Bertz CT molecular complexity index is 518. The van der Waals surface area contributed by atoms with Crippen LogP contribution < -0.4 is 0 Å². The van der Waals surface area contributed by atoms with Crippen LogP contribution in [-0.4, -0.2) is 44.3 Å². The topological polar surface area (TPSA) is 94.9 Å². The summed E-state index contributed by atoms with van der Waals surface area (Å²) in [6.45, 7) is 1.53. The number of β-lactam (4-membered cyclic amide) rings is 1. The Hall–Kier alpha value is -1.34. The van der Waals surface area contributed by atoms with Crippen molar-refractivity contribution in [2.24, 2.45) is 11.8 Å². The summed E-state index contributed by atoms with van der Waals surface area (Å²) < 4.78 is 0. The summed E-state index contributed by atoms with van der Waals surface area (Å²) in [6.07, 6.45) is -0.0842. The molecule has 1 amide bonds. The van der Waals surface area contributed by atoms with E-state index < -0.39 is 18.0 Å². The molecule has 2 fully saturated rings. The number of hydrogen-bond donors (Lipinski definition) is 2. The number of Topliss-reactive ketones (excluding diaryl/α,β-unsaturated/α-hetero) is 1. The van der Waals surface area contributed by atoms with Crippen LogP contribution in [0, 0.1) is 11.8 Å². The molecule has 0 unspecified atom stereocenters. The fourth-order valence-electron chi connectivity index (χ4n) is 2.77. The lowest BCUT2D eigenvalue weighted by Gasteiger charge is -2.43. The fourth-order valence-corrected chi connectivity index (χ4v) is 4.49. The summed E-state index contributed by atoms with van der Waals surface area (Å²) in [5.74, 6) is -1.98. The number of hydrogen-bond acceptors (Lipinski definition) is 5. The first-order valence-electron chi connectivity index (χ1n) is 6.08. The standard InChI is InChI=1S/C12H13NO5S/c1-4(14)7-10(16)13-8(12(17)18)9(19-11(7)13)5-2-6(15)3-5/h4-5,7,11,14H,2-3H2,1H3,(H,17,18)/t4-,7+,11-/m1/s1. The molecule has 0 aromatic rings. The van der Waals surface area contributed by atoms with Crippen LogP contribution in [-0.2, 0) is 14.4 Å². The van der Waals surface area contributed by atoms with Gasteiger partial charge in [0, 0.05) is 23.7 Å². The van der Waals surface area contributed by atoms with E-state index >= 15 is 0 Å². The third-order valence-corrected chi connectivity index (χ3v) is 5.37. The number of fused-ring (bicyclic) bond motifs is 1. The van der Waals surface area contributed by atoms with Gasteiger partial charge in [-0.2, -0.15) is 0 Å². The van der Waals surface area contributed by atoms with Crippen LogP contribution in [0.3, 0.4) is 0 Å². The van der Waals surface area contributed by atoms with Gasteiger partial charge < -0.3 is 10.2 Å². The highest BCUT2D eigenvalue weighted by Gasteiger charge is 2.58. The minimum Gasteiger partial charge on any atom is -0.477 e. The highest BCUT2D eigenvalue weighted by molar-refractivity contribution is 8.04. The molecule has 7 heteroatoms. The van der Waals surface area contributed by atoms with Crippen molar-refractivity contribution in [3.63, 3.8) is 0 Å². The van der Waals surface area contributed by atoms with E-state index in [4.69, 9.17) is 0 Å². The second kappa shape index (κ2) is 4.08. The van der Waals surface area contributed by atoms with Crippen LogP contribution in [0.25, 0.3) is 0 Å². The van der Waals surface area contributed by atoms with Crippen molar-refractivity contribution >= 4 is 29.4 Å². The predicted molar refractivity (Wildman–Crippen MR) is 65.8 cm³/mol. The van der Waals surface area contributed by atoms with Gasteiger partial charge >= 0.3 is 5.97 Å². The molecule has 3 rings (SSSR count). The van der Waals surface area contributed by atoms with E-state index in [9.17, 15) is 24.6 Å². The highest BCUT2D eigenvalue weighted by atomic mass is 32.2. The molecular formula is C12H13NO5S. The first-order valence-corrected chi connectivity index (χ1v) is 6.96. The molecule has 2 heterocycles. The Morgan fingerprint density at radius 3 is 2.53 bits per heavy atom. The number of aliphatic hydroxyl groups excluding tert-OH is 1. The van der Waals surface area contributed by atoms with E-state index in [1.807, 2.05) is 0 Å². The number of amides is 1. The third kappa shape index (κ3) is 1.64. The van der Waals surface area contributed by atoms with Gasteiger partial charge in [0.25, 0.3) is 0 Å². The van der Waals surface area contributed by atoms with Gasteiger partial charge in [-0.3, -0.25) is 14.5 Å². The van der Waals surface area contributed by atoms with Crippen LogP contribution in [0.2, 0.25) is 0 Å². The zero-order valence-electron chi connectivity index (χ0n) is 10.2. The number of carbonyl (C=O) groups is 3. The van der Waals surface area contributed by atoms with Gasteiger partial charge in [0.2, 0.25) is 5.91 Å². The summed E-state index contributed by atoms with van der Waals surface area (Å²) in [5, 5.41) is 18.5. The quantitative estimate of drug-likeness (QED) is 0.717.